The van der Waals surface area contributed by atoms with Gasteiger partial charge in [-0.3, -0.25) is 0 Å². The van der Waals surface area contributed by atoms with Gasteiger partial charge in [-0.25, -0.2) is 0 Å². The quantitative estimate of drug-likeness (QED) is 0.314. The third-order valence-corrected chi connectivity index (χ3v) is 8.83. The molecular formula is C31H35N2P. The minimum atomic E-state index is -0.730. The molecule has 0 aliphatic heterocycles. The summed E-state index contributed by atoms with van der Waals surface area (Å²) in [5.41, 5.74) is 9.20. The largest absolute Gasteiger partial charge is 0.378 e. The molecule has 0 amide bonds. The van der Waals surface area contributed by atoms with Crippen molar-refractivity contribution in [3.63, 3.8) is 0 Å². The van der Waals surface area contributed by atoms with Crippen LogP contribution in [-0.2, 0) is 0 Å². The van der Waals surface area contributed by atoms with Crippen molar-refractivity contribution < 1.29 is 0 Å². The second-order valence-electron chi connectivity index (χ2n) is 9.41. The molecule has 0 heterocycles. The lowest BCUT2D eigenvalue weighted by atomic mass is 9.91. The molecule has 4 aromatic carbocycles. The fraction of sp³-hybridized carbons (Fsp3) is 0.226. The maximum Gasteiger partial charge on any atom is 0.0370 e. The summed E-state index contributed by atoms with van der Waals surface area (Å²) in [4.78, 5) is 4.41. The van der Waals surface area contributed by atoms with Crippen molar-refractivity contribution in [2.24, 2.45) is 0 Å². The van der Waals surface area contributed by atoms with Crippen LogP contribution in [0.2, 0.25) is 0 Å². The van der Waals surface area contributed by atoms with Gasteiger partial charge in [-0.15, -0.1) is 0 Å². The summed E-state index contributed by atoms with van der Waals surface area (Å²) in [5.74, 6) is 0. The molecule has 0 saturated carbocycles. The van der Waals surface area contributed by atoms with Crippen LogP contribution in [0.1, 0.15) is 16.7 Å². The predicted octanol–water partition coefficient (Wildman–Crippen LogP) is 6.17. The standard InChI is InChI=1S/C31H35N2P/c1-22-18-25(32(4)5)19-23(2)30(22)31-24(3)20-26(33(6)7)21-29(31)34(27-14-10-8-11-15-27)28-16-12-9-13-17-28/h8-21H,1-7H3. The van der Waals surface area contributed by atoms with E-state index in [-0.39, 0.29) is 0 Å². The van der Waals surface area contributed by atoms with E-state index < -0.39 is 7.92 Å². The molecule has 4 aromatic rings. The highest BCUT2D eigenvalue weighted by Gasteiger charge is 2.24. The van der Waals surface area contributed by atoms with Crippen LogP contribution in [0.15, 0.2) is 84.9 Å². The molecule has 0 saturated heterocycles. The highest BCUT2D eigenvalue weighted by Crippen LogP contribution is 2.42. The van der Waals surface area contributed by atoms with Gasteiger partial charge in [0.2, 0.25) is 0 Å². The number of benzene rings is 4. The SMILES string of the molecule is Cc1cc(N(C)C)cc(C)c1-c1c(C)cc(N(C)C)cc1P(c1ccccc1)c1ccccc1. The van der Waals surface area contributed by atoms with Crippen LogP contribution >= 0.6 is 7.92 Å². The van der Waals surface area contributed by atoms with Crippen LogP contribution < -0.4 is 25.7 Å². The zero-order valence-electron chi connectivity index (χ0n) is 21.4. The second kappa shape index (κ2) is 10.0. The zero-order valence-corrected chi connectivity index (χ0v) is 22.3. The normalized spacial score (nSPS) is 11.1. The van der Waals surface area contributed by atoms with Gasteiger partial charge in [-0.2, -0.15) is 0 Å². The number of rotatable bonds is 6. The highest BCUT2D eigenvalue weighted by atomic mass is 31.1. The van der Waals surface area contributed by atoms with Crippen molar-refractivity contribution in [2.75, 3.05) is 38.0 Å². The molecular weight excluding hydrogens is 431 g/mol. The Bertz CT molecular complexity index is 1220. The molecule has 3 heteroatoms. The van der Waals surface area contributed by atoms with Gasteiger partial charge in [-0.1, -0.05) is 60.7 Å². The van der Waals surface area contributed by atoms with Crippen molar-refractivity contribution in [2.45, 2.75) is 20.8 Å². The summed E-state index contributed by atoms with van der Waals surface area (Å²) in [6.07, 6.45) is 0. The summed E-state index contributed by atoms with van der Waals surface area (Å²) in [5, 5.41) is 4.17. The van der Waals surface area contributed by atoms with E-state index in [1.54, 1.807) is 0 Å². The Morgan fingerprint density at radius 2 is 0.882 bits per heavy atom. The summed E-state index contributed by atoms with van der Waals surface area (Å²) < 4.78 is 0. The van der Waals surface area contributed by atoms with Gasteiger partial charge in [0, 0.05) is 39.6 Å². The maximum absolute atomic E-state index is 2.42. The number of nitrogens with zero attached hydrogens (tertiary/aromatic N) is 2. The van der Waals surface area contributed by atoms with Gasteiger partial charge < -0.3 is 9.80 Å². The summed E-state index contributed by atoms with van der Waals surface area (Å²) in [7, 11) is 7.76. The molecule has 0 atom stereocenters. The molecule has 0 N–H and O–H groups in total. The van der Waals surface area contributed by atoms with Crippen LogP contribution in [0.3, 0.4) is 0 Å². The topological polar surface area (TPSA) is 6.48 Å². The van der Waals surface area contributed by atoms with Gasteiger partial charge in [0.1, 0.15) is 0 Å². The molecule has 0 radical (unpaired) electrons. The van der Waals surface area contributed by atoms with E-state index in [0.717, 1.165) is 0 Å². The first kappa shape index (κ1) is 24.0. The summed E-state index contributed by atoms with van der Waals surface area (Å²) in [6.45, 7) is 6.78. The molecule has 174 valence electrons. The molecule has 34 heavy (non-hydrogen) atoms. The Hall–Kier alpha value is -3.09. The Labute approximate surface area is 206 Å². The molecule has 0 aromatic heterocycles. The van der Waals surface area contributed by atoms with E-state index in [1.807, 2.05) is 0 Å². The van der Waals surface area contributed by atoms with Crippen molar-refractivity contribution >= 4 is 35.2 Å². The number of hydrogen-bond acceptors (Lipinski definition) is 2. The molecule has 0 spiro atoms. The van der Waals surface area contributed by atoms with Crippen molar-refractivity contribution in [1.82, 2.24) is 0 Å². The van der Waals surface area contributed by atoms with E-state index in [0.29, 0.717) is 0 Å². The Kier molecular flexibility index (Phi) is 7.10. The van der Waals surface area contributed by atoms with Gasteiger partial charge in [-0.05, 0) is 96.7 Å². The van der Waals surface area contributed by atoms with Crippen LogP contribution in [0, 0.1) is 20.8 Å². The van der Waals surface area contributed by atoms with Crippen LogP contribution in [0.25, 0.3) is 11.1 Å². The lowest BCUT2D eigenvalue weighted by molar-refractivity contribution is 1.12. The monoisotopic (exact) mass is 466 g/mol. The van der Waals surface area contributed by atoms with E-state index >= 15 is 0 Å². The smallest absolute Gasteiger partial charge is 0.0370 e. The van der Waals surface area contributed by atoms with Gasteiger partial charge >= 0.3 is 0 Å². The first-order chi connectivity index (χ1) is 16.3. The second-order valence-corrected chi connectivity index (χ2v) is 11.6. The minimum Gasteiger partial charge on any atom is -0.378 e. The lowest BCUT2D eigenvalue weighted by Gasteiger charge is -2.28. The lowest BCUT2D eigenvalue weighted by Crippen LogP contribution is -2.24. The maximum atomic E-state index is 2.42. The Balaban J connectivity index is 2.08. The summed E-state index contributed by atoms with van der Waals surface area (Å²) in [6, 6.07) is 31.4. The van der Waals surface area contributed by atoms with Crippen molar-refractivity contribution in [3.8, 4) is 11.1 Å². The summed E-state index contributed by atoms with van der Waals surface area (Å²) >= 11 is 0. The molecule has 0 aliphatic rings. The highest BCUT2D eigenvalue weighted by molar-refractivity contribution is 7.80. The van der Waals surface area contributed by atoms with E-state index in [1.165, 1.54) is 55.1 Å². The molecule has 0 bridgehead atoms. The number of hydrogen-bond donors (Lipinski definition) is 0. The number of aryl methyl sites for hydroxylation is 3. The Morgan fingerprint density at radius 1 is 0.500 bits per heavy atom. The molecule has 4 rings (SSSR count). The average molecular weight is 467 g/mol. The van der Waals surface area contributed by atoms with Crippen LogP contribution in [0.5, 0.6) is 0 Å². The molecule has 0 aliphatic carbocycles. The number of anilines is 2. The van der Waals surface area contributed by atoms with E-state index in [4.69, 9.17) is 0 Å². The Morgan fingerprint density at radius 3 is 1.29 bits per heavy atom. The zero-order chi connectivity index (χ0) is 24.4. The van der Waals surface area contributed by atoms with Gasteiger partial charge in [0.25, 0.3) is 0 Å². The average Bonchev–Trinajstić information content (AvgIpc) is 2.81. The van der Waals surface area contributed by atoms with Crippen LogP contribution in [0.4, 0.5) is 11.4 Å². The molecule has 0 fully saturated rings. The van der Waals surface area contributed by atoms with Crippen LogP contribution in [-0.4, -0.2) is 28.2 Å². The first-order valence-corrected chi connectivity index (χ1v) is 13.1. The first-order valence-electron chi connectivity index (χ1n) is 11.8. The van der Waals surface area contributed by atoms with Gasteiger partial charge in [0.05, 0.1) is 0 Å². The van der Waals surface area contributed by atoms with Crippen molar-refractivity contribution in [1.29, 1.82) is 0 Å². The van der Waals surface area contributed by atoms with Gasteiger partial charge in [0.15, 0.2) is 0 Å². The van der Waals surface area contributed by atoms with E-state index in [2.05, 4.69) is 144 Å². The fourth-order valence-corrected chi connectivity index (χ4v) is 7.25. The molecule has 0 unspecified atom stereocenters. The fourth-order valence-electron chi connectivity index (χ4n) is 4.68. The minimum absolute atomic E-state index is 0.730. The van der Waals surface area contributed by atoms with E-state index in [9.17, 15) is 0 Å². The third-order valence-electron chi connectivity index (χ3n) is 6.37. The predicted molar refractivity (Wildman–Crippen MR) is 153 cm³/mol. The van der Waals surface area contributed by atoms with Crippen molar-refractivity contribution in [3.05, 3.63) is 102 Å². The third kappa shape index (κ3) is 4.74. The molecule has 2 nitrogen and oxygen atoms in total.